The van der Waals surface area contributed by atoms with Crippen LogP contribution in [0, 0.1) is 11.8 Å². The van der Waals surface area contributed by atoms with Crippen molar-refractivity contribution in [1.29, 1.82) is 0 Å². The molecule has 0 saturated carbocycles. The lowest BCUT2D eigenvalue weighted by Crippen LogP contribution is -2.37. The number of rotatable bonds is 6. The molecule has 1 aromatic carbocycles. The lowest BCUT2D eigenvalue weighted by Gasteiger charge is -2.19. The van der Waals surface area contributed by atoms with Crippen molar-refractivity contribution < 1.29 is 4.79 Å². The summed E-state index contributed by atoms with van der Waals surface area (Å²) in [4.78, 5) is 14.3. The highest BCUT2D eigenvalue weighted by Gasteiger charge is 2.23. The van der Waals surface area contributed by atoms with Crippen LogP contribution in [0.5, 0.6) is 0 Å². The zero-order valence-corrected chi connectivity index (χ0v) is 14.3. The van der Waals surface area contributed by atoms with Gasteiger partial charge >= 0.3 is 0 Å². The van der Waals surface area contributed by atoms with Gasteiger partial charge in [-0.25, -0.2) is 0 Å². The zero-order valence-electron chi connectivity index (χ0n) is 12.7. The minimum atomic E-state index is 0.0268. The summed E-state index contributed by atoms with van der Waals surface area (Å²) in [5.41, 5.74) is 1.26. The molecule has 0 bridgehead atoms. The van der Waals surface area contributed by atoms with Crippen molar-refractivity contribution in [2.45, 2.75) is 13.3 Å². The number of hydrogen-bond acceptors (Lipinski definition) is 3. The Morgan fingerprint density at radius 2 is 2.14 bits per heavy atom. The summed E-state index contributed by atoms with van der Waals surface area (Å²) in [5.74, 6) is 0.713. The van der Waals surface area contributed by atoms with Crippen LogP contribution in [0.25, 0.3) is 0 Å². The summed E-state index contributed by atoms with van der Waals surface area (Å²) in [6, 6.07) is 8.42. The maximum Gasteiger partial charge on any atom is 0.224 e. The van der Waals surface area contributed by atoms with Crippen LogP contribution in [0.15, 0.2) is 28.7 Å². The average Bonchev–Trinajstić information content (AvgIpc) is 2.94. The molecule has 2 atom stereocenters. The molecule has 1 fully saturated rings. The molecule has 2 N–H and O–H groups in total. The van der Waals surface area contributed by atoms with Gasteiger partial charge in [-0.2, -0.15) is 0 Å². The number of nitrogens with one attached hydrogen (secondary N) is 2. The molecule has 116 valence electrons. The van der Waals surface area contributed by atoms with E-state index in [4.69, 9.17) is 0 Å². The van der Waals surface area contributed by atoms with Gasteiger partial charge in [0.15, 0.2) is 0 Å². The topological polar surface area (TPSA) is 44.4 Å². The minimum Gasteiger partial charge on any atom is -0.371 e. The van der Waals surface area contributed by atoms with Gasteiger partial charge in [0, 0.05) is 42.3 Å². The van der Waals surface area contributed by atoms with Gasteiger partial charge in [0.05, 0.1) is 0 Å². The first-order valence-corrected chi connectivity index (χ1v) is 8.32. The van der Waals surface area contributed by atoms with E-state index in [-0.39, 0.29) is 11.8 Å². The predicted molar refractivity (Wildman–Crippen MR) is 90.6 cm³/mol. The Labute approximate surface area is 135 Å². The Morgan fingerprint density at radius 3 is 2.81 bits per heavy atom. The standard InChI is InChI=1S/C16H24BrN3O/c1-12(9-18-2)16(21)19-10-13-7-8-20(11-13)15-5-3-14(17)4-6-15/h3-6,12-13,18H,7-11H2,1-2H3,(H,19,21). The third kappa shape index (κ3) is 4.71. The van der Waals surface area contributed by atoms with Gasteiger partial charge in [-0.1, -0.05) is 22.9 Å². The summed E-state index contributed by atoms with van der Waals surface area (Å²) in [6.07, 6.45) is 1.14. The Kier molecular flexibility index (Phi) is 6.06. The summed E-state index contributed by atoms with van der Waals surface area (Å²) >= 11 is 3.46. The molecule has 2 rings (SSSR count). The van der Waals surface area contributed by atoms with Crippen LogP contribution in [0.1, 0.15) is 13.3 Å². The molecule has 1 heterocycles. The van der Waals surface area contributed by atoms with E-state index in [1.165, 1.54) is 5.69 Å². The van der Waals surface area contributed by atoms with Crippen LogP contribution in [-0.4, -0.2) is 39.1 Å². The quantitative estimate of drug-likeness (QED) is 0.824. The van der Waals surface area contributed by atoms with Crippen LogP contribution in [0.3, 0.4) is 0 Å². The number of amides is 1. The average molecular weight is 354 g/mol. The Hall–Kier alpha value is -1.07. The molecule has 0 aromatic heterocycles. The zero-order chi connectivity index (χ0) is 15.2. The summed E-state index contributed by atoms with van der Waals surface area (Å²) in [6.45, 7) is 5.53. The third-order valence-electron chi connectivity index (χ3n) is 4.00. The van der Waals surface area contributed by atoms with Crippen LogP contribution in [0.2, 0.25) is 0 Å². The Morgan fingerprint density at radius 1 is 1.43 bits per heavy atom. The van der Waals surface area contributed by atoms with Crippen molar-refractivity contribution in [3.8, 4) is 0 Å². The van der Waals surface area contributed by atoms with Crippen LogP contribution >= 0.6 is 15.9 Å². The molecule has 21 heavy (non-hydrogen) atoms. The second-order valence-corrected chi connectivity index (χ2v) is 6.70. The maximum atomic E-state index is 11.9. The predicted octanol–water partition coefficient (Wildman–Crippen LogP) is 2.25. The van der Waals surface area contributed by atoms with Gasteiger partial charge in [-0.15, -0.1) is 0 Å². The van der Waals surface area contributed by atoms with E-state index in [0.717, 1.165) is 37.1 Å². The van der Waals surface area contributed by atoms with Gasteiger partial charge in [-0.05, 0) is 43.7 Å². The Balaban J connectivity index is 1.77. The second kappa shape index (κ2) is 7.80. The molecule has 1 aliphatic rings. The first-order valence-electron chi connectivity index (χ1n) is 7.53. The highest BCUT2D eigenvalue weighted by atomic mass is 79.9. The Bertz CT molecular complexity index is 463. The number of carbonyl (C=O) groups is 1. The van der Waals surface area contributed by atoms with Crippen molar-refractivity contribution in [3.05, 3.63) is 28.7 Å². The number of benzene rings is 1. The smallest absolute Gasteiger partial charge is 0.224 e. The van der Waals surface area contributed by atoms with Crippen LogP contribution < -0.4 is 15.5 Å². The number of carbonyl (C=O) groups excluding carboxylic acids is 1. The maximum absolute atomic E-state index is 11.9. The molecule has 0 aliphatic carbocycles. The number of hydrogen-bond donors (Lipinski definition) is 2. The molecule has 2 unspecified atom stereocenters. The number of halogens is 1. The van der Waals surface area contributed by atoms with Gasteiger partial charge in [-0.3, -0.25) is 4.79 Å². The van der Waals surface area contributed by atoms with Gasteiger partial charge in [0.2, 0.25) is 5.91 Å². The highest BCUT2D eigenvalue weighted by molar-refractivity contribution is 9.10. The van der Waals surface area contributed by atoms with Crippen LogP contribution in [-0.2, 0) is 4.79 Å². The molecule has 1 aliphatic heterocycles. The molecule has 1 saturated heterocycles. The van der Waals surface area contributed by atoms with E-state index in [2.05, 4.69) is 55.7 Å². The third-order valence-corrected chi connectivity index (χ3v) is 4.53. The number of nitrogens with zero attached hydrogens (tertiary/aromatic N) is 1. The van der Waals surface area contributed by atoms with Crippen molar-refractivity contribution >= 4 is 27.5 Å². The minimum absolute atomic E-state index is 0.0268. The molecule has 1 aromatic rings. The largest absolute Gasteiger partial charge is 0.371 e. The second-order valence-electron chi connectivity index (χ2n) is 5.78. The molecule has 0 radical (unpaired) electrons. The summed E-state index contributed by atoms with van der Waals surface area (Å²) in [7, 11) is 1.87. The monoisotopic (exact) mass is 353 g/mol. The van der Waals surface area contributed by atoms with Gasteiger partial charge in [0.25, 0.3) is 0 Å². The van der Waals surface area contributed by atoms with E-state index in [1.807, 2.05) is 14.0 Å². The normalized spacial score (nSPS) is 19.6. The molecular weight excluding hydrogens is 330 g/mol. The van der Waals surface area contributed by atoms with Crippen molar-refractivity contribution in [2.75, 3.05) is 38.1 Å². The molecule has 1 amide bonds. The SMILES string of the molecule is CNCC(C)C(=O)NCC1CCN(c2ccc(Br)cc2)C1. The fraction of sp³-hybridized carbons (Fsp3) is 0.562. The van der Waals surface area contributed by atoms with Crippen molar-refractivity contribution in [3.63, 3.8) is 0 Å². The number of anilines is 1. The van der Waals surface area contributed by atoms with E-state index in [9.17, 15) is 4.79 Å². The van der Waals surface area contributed by atoms with E-state index in [0.29, 0.717) is 5.92 Å². The fourth-order valence-electron chi connectivity index (χ4n) is 2.70. The molecule has 5 heteroatoms. The van der Waals surface area contributed by atoms with Crippen molar-refractivity contribution in [1.82, 2.24) is 10.6 Å². The summed E-state index contributed by atoms with van der Waals surface area (Å²) < 4.78 is 1.10. The van der Waals surface area contributed by atoms with Gasteiger partial charge < -0.3 is 15.5 Å². The van der Waals surface area contributed by atoms with Crippen LogP contribution in [0.4, 0.5) is 5.69 Å². The molecular formula is C16H24BrN3O. The first-order chi connectivity index (χ1) is 10.1. The van der Waals surface area contributed by atoms with E-state index < -0.39 is 0 Å². The molecule has 4 nitrogen and oxygen atoms in total. The molecule has 0 spiro atoms. The summed E-state index contributed by atoms with van der Waals surface area (Å²) in [5, 5.41) is 6.11. The highest BCUT2D eigenvalue weighted by Crippen LogP contribution is 2.24. The van der Waals surface area contributed by atoms with Gasteiger partial charge in [0.1, 0.15) is 0 Å². The lowest BCUT2D eigenvalue weighted by molar-refractivity contribution is -0.124. The van der Waals surface area contributed by atoms with E-state index in [1.54, 1.807) is 0 Å². The van der Waals surface area contributed by atoms with Crippen molar-refractivity contribution in [2.24, 2.45) is 11.8 Å². The fourth-order valence-corrected chi connectivity index (χ4v) is 2.97. The first kappa shape index (κ1) is 16.3. The van der Waals surface area contributed by atoms with E-state index >= 15 is 0 Å². The lowest BCUT2D eigenvalue weighted by atomic mass is 10.1.